The van der Waals surface area contributed by atoms with Crippen molar-refractivity contribution in [2.75, 3.05) is 29.2 Å². The van der Waals surface area contributed by atoms with Gasteiger partial charge >= 0.3 is 0 Å². The standard InChI is InChI=1S/C27H37I2N3O4.ClH/c1-19-14-24(15-25(34-4)26(19)27(33)32(20(2)16-28)21(3)17-29)36-13-7-5-6-12-35-23-10-8-22(9-11-23)18-31-30;/h8-11,14-15,18,20-21H,5-7,12-13,16-17,30H2,1-4H3;1H. The summed E-state index contributed by atoms with van der Waals surface area (Å²) in [7, 11) is 1.60. The van der Waals surface area contributed by atoms with Gasteiger partial charge in [-0.2, -0.15) is 5.10 Å². The van der Waals surface area contributed by atoms with E-state index in [2.05, 4.69) is 64.1 Å². The largest absolute Gasteiger partial charge is 0.496 e. The van der Waals surface area contributed by atoms with E-state index in [-0.39, 0.29) is 30.4 Å². The van der Waals surface area contributed by atoms with E-state index >= 15 is 0 Å². The topological polar surface area (TPSA) is 86.4 Å². The van der Waals surface area contributed by atoms with E-state index in [0.29, 0.717) is 30.3 Å². The van der Waals surface area contributed by atoms with Crippen LogP contribution in [0.1, 0.15) is 54.6 Å². The molecule has 2 rings (SSSR count). The number of alkyl halides is 2. The summed E-state index contributed by atoms with van der Waals surface area (Å²) in [6.07, 6.45) is 4.43. The van der Waals surface area contributed by atoms with Crippen LogP contribution in [0.15, 0.2) is 41.5 Å². The number of nitrogens with zero attached hydrogens (tertiary/aromatic N) is 2. The van der Waals surface area contributed by atoms with Crippen molar-refractivity contribution in [1.82, 2.24) is 4.90 Å². The smallest absolute Gasteiger partial charge is 0.258 e. The molecule has 2 atom stereocenters. The Kier molecular flexibility index (Phi) is 16.3. The number of unbranched alkanes of at least 4 members (excludes halogenated alkanes) is 2. The molecule has 0 aromatic heterocycles. The molecule has 0 bridgehead atoms. The molecule has 0 spiro atoms. The number of carbonyl (C=O) groups excluding carboxylic acids is 1. The van der Waals surface area contributed by atoms with Crippen LogP contribution in [0, 0.1) is 6.92 Å². The first-order chi connectivity index (χ1) is 17.4. The van der Waals surface area contributed by atoms with Crippen molar-refractivity contribution >= 4 is 69.7 Å². The van der Waals surface area contributed by atoms with Crippen LogP contribution >= 0.6 is 57.6 Å². The number of hydrogen-bond donors (Lipinski definition) is 1. The fourth-order valence-corrected chi connectivity index (χ4v) is 4.70. The number of ether oxygens (including phenoxy) is 3. The van der Waals surface area contributed by atoms with Crippen LogP contribution in [0.5, 0.6) is 17.2 Å². The monoisotopic (exact) mass is 757 g/mol. The van der Waals surface area contributed by atoms with E-state index in [1.54, 1.807) is 13.3 Å². The Morgan fingerprint density at radius 3 is 2.08 bits per heavy atom. The molecular formula is C27H38ClI2N3O4. The first-order valence-electron chi connectivity index (χ1n) is 12.1. The number of methoxy groups -OCH3 is 1. The van der Waals surface area contributed by atoms with Gasteiger partial charge in [-0.3, -0.25) is 4.79 Å². The molecular weight excluding hydrogens is 720 g/mol. The van der Waals surface area contributed by atoms with E-state index in [9.17, 15) is 4.79 Å². The lowest BCUT2D eigenvalue weighted by Gasteiger charge is -2.34. The molecule has 0 saturated heterocycles. The molecule has 2 aromatic rings. The summed E-state index contributed by atoms with van der Waals surface area (Å²) in [5.74, 6) is 7.27. The summed E-state index contributed by atoms with van der Waals surface area (Å²) < 4.78 is 19.1. The average molecular weight is 758 g/mol. The van der Waals surface area contributed by atoms with E-state index in [1.807, 2.05) is 48.2 Å². The van der Waals surface area contributed by atoms with Gasteiger partial charge < -0.3 is 25.0 Å². The quantitative estimate of drug-likeness (QED) is 0.0566. The van der Waals surface area contributed by atoms with Gasteiger partial charge in [0.1, 0.15) is 17.2 Å². The SMILES string of the molecule is COc1cc(OCCCCCOc2ccc(C=NN)cc2)cc(C)c1C(=O)N(C(C)CI)C(C)CI.Cl. The van der Waals surface area contributed by atoms with Crippen LogP contribution < -0.4 is 20.1 Å². The molecule has 2 unspecified atom stereocenters. The molecule has 0 aliphatic heterocycles. The number of rotatable bonds is 15. The predicted octanol–water partition coefficient (Wildman–Crippen LogP) is 6.44. The summed E-state index contributed by atoms with van der Waals surface area (Å²) >= 11 is 4.67. The molecule has 2 aromatic carbocycles. The van der Waals surface area contributed by atoms with Crippen LogP contribution in [0.3, 0.4) is 0 Å². The third kappa shape index (κ3) is 10.3. The zero-order valence-electron chi connectivity index (χ0n) is 21.9. The number of amides is 1. The lowest BCUT2D eigenvalue weighted by Crippen LogP contribution is -2.46. The molecule has 0 aliphatic rings. The van der Waals surface area contributed by atoms with Crippen LogP contribution in [-0.4, -0.2) is 58.3 Å². The maximum atomic E-state index is 13.5. The minimum Gasteiger partial charge on any atom is -0.496 e. The average Bonchev–Trinajstić information content (AvgIpc) is 2.88. The van der Waals surface area contributed by atoms with Gasteiger partial charge in [0.05, 0.1) is 32.1 Å². The van der Waals surface area contributed by atoms with Gasteiger partial charge in [0.15, 0.2) is 0 Å². The summed E-state index contributed by atoms with van der Waals surface area (Å²) in [6.45, 7) is 7.36. The highest BCUT2D eigenvalue weighted by Crippen LogP contribution is 2.31. The second-order valence-electron chi connectivity index (χ2n) is 8.64. The summed E-state index contributed by atoms with van der Waals surface area (Å²) in [4.78, 5) is 15.5. The van der Waals surface area contributed by atoms with E-state index in [4.69, 9.17) is 20.1 Å². The summed E-state index contributed by atoms with van der Waals surface area (Å²) in [6, 6.07) is 11.7. The Labute approximate surface area is 254 Å². The first-order valence-corrected chi connectivity index (χ1v) is 15.1. The van der Waals surface area contributed by atoms with Crippen molar-refractivity contribution in [1.29, 1.82) is 0 Å². The molecule has 7 nitrogen and oxygen atoms in total. The zero-order chi connectivity index (χ0) is 26.5. The number of nitrogens with two attached hydrogens (primary N) is 1. The number of carbonyl (C=O) groups is 1. The van der Waals surface area contributed by atoms with Crippen molar-refractivity contribution in [2.24, 2.45) is 10.9 Å². The van der Waals surface area contributed by atoms with Gasteiger partial charge in [-0.1, -0.05) is 45.2 Å². The van der Waals surface area contributed by atoms with Crippen LogP contribution in [0.25, 0.3) is 0 Å². The minimum absolute atomic E-state index is 0. The Morgan fingerprint density at radius 2 is 1.57 bits per heavy atom. The molecule has 0 heterocycles. The number of aryl methyl sites for hydroxylation is 1. The molecule has 0 aliphatic carbocycles. The molecule has 0 saturated carbocycles. The van der Waals surface area contributed by atoms with Crippen LogP contribution in [0.2, 0.25) is 0 Å². The van der Waals surface area contributed by atoms with Gasteiger partial charge in [-0.15, -0.1) is 12.4 Å². The minimum atomic E-state index is 0. The fraction of sp³-hybridized carbons (Fsp3) is 0.481. The maximum absolute atomic E-state index is 13.5. The molecule has 2 N–H and O–H groups in total. The number of benzene rings is 2. The highest BCUT2D eigenvalue weighted by Gasteiger charge is 2.29. The second-order valence-corrected chi connectivity index (χ2v) is 10.4. The third-order valence-corrected chi connectivity index (χ3v) is 8.32. The second kappa shape index (κ2) is 17.9. The Hall–Kier alpha value is -1.47. The Balaban J connectivity index is 0.00000684. The van der Waals surface area contributed by atoms with Gasteiger partial charge in [0.25, 0.3) is 5.91 Å². The Bertz CT molecular complexity index is 982. The molecule has 0 radical (unpaired) electrons. The predicted molar refractivity (Wildman–Crippen MR) is 171 cm³/mol. The molecule has 37 heavy (non-hydrogen) atoms. The van der Waals surface area contributed by atoms with Crippen molar-refractivity contribution in [2.45, 2.75) is 52.1 Å². The number of halogens is 3. The first kappa shape index (κ1) is 33.6. The van der Waals surface area contributed by atoms with E-state index in [1.165, 1.54) is 0 Å². The third-order valence-electron chi connectivity index (χ3n) is 5.77. The van der Waals surface area contributed by atoms with Crippen molar-refractivity contribution in [3.8, 4) is 17.2 Å². The highest BCUT2D eigenvalue weighted by atomic mass is 127. The van der Waals surface area contributed by atoms with Gasteiger partial charge in [0.2, 0.25) is 0 Å². The lowest BCUT2D eigenvalue weighted by atomic mass is 10.0. The van der Waals surface area contributed by atoms with Gasteiger partial charge in [-0.25, -0.2) is 0 Å². The summed E-state index contributed by atoms with van der Waals surface area (Å²) in [5.41, 5.74) is 2.41. The molecule has 10 heteroatoms. The van der Waals surface area contributed by atoms with E-state index < -0.39 is 0 Å². The maximum Gasteiger partial charge on any atom is 0.258 e. The van der Waals surface area contributed by atoms with Crippen molar-refractivity contribution < 1.29 is 19.0 Å². The molecule has 1 amide bonds. The Morgan fingerprint density at radius 1 is 1.00 bits per heavy atom. The molecule has 0 fully saturated rings. The van der Waals surface area contributed by atoms with Crippen molar-refractivity contribution in [3.05, 3.63) is 53.1 Å². The van der Waals surface area contributed by atoms with Crippen LogP contribution in [0.4, 0.5) is 0 Å². The molecule has 206 valence electrons. The van der Waals surface area contributed by atoms with Gasteiger partial charge in [0, 0.05) is 27.0 Å². The van der Waals surface area contributed by atoms with Crippen LogP contribution in [-0.2, 0) is 0 Å². The fourth-order valence-electron chi connectivity index (χ4n) is 3.85. The normalized spacial score (nSPS) is 12.5. The lowest BCUT2D eigenvalue weighted by molar-refractivity contribution is 0.0652. The number of hydrazone groups is 1. The van der Waals surface area contributed by atoms with Gasteiger partial charge in [-0.05, 0) is 81.5 Å². The highest BCUT2D eigenvalue weighted by molar-refractivity contribution is 14.1. The zero-order valence-corrected chi connectivity index (χ0v) is 27.0. The number of hydrogen-bond acceptors (Lipinski definition) is 6. The summed E-state index contributed by atoms with van der Waals surface area (Å²) in [5, 5.41) is 3.51. The van der Waals surface area contributed by atoms with Crippen molar-refractivity contribution in [3.63, 3.8) is 0 Å². The van der Waals surface area contributed by atoms with E-state index in [0.717, 1.165) is 45.0 Å².